The second-order valence-corrected chi connectivity index (χ2v) is 3.87. The highest BCUT2D eigenvalue weighted by molar-refractivity contribution is 4.82. The van der Waals surface area contributed by atoms with Crippen LogP contribution in [-0.2, 0) is 4.74 Å². The summed E-state index contributed by atoms with van der Waals surface area (Å²) in [5, 5.41) is 0. The molecule has 0 amide bonds. The van der Waals surface area contributed by atoms with Crippen LogP contribution in [0.5, 0.6) is 0 Å². The summed E-state index contributed by atoms with van der Waals surface area (Å²) in [7, 11) is 0. The fraction of sp³-hybridized carbons (Fsp3) is 1.00. The van der Waals surface area contributed by atoms with Crippen LogP contribution in [0.25, 0.3) is 0 Å². The van der Waals surface area contributed by atoms with Crippen LogP contribution < -0.4 is 0 Å². The molecule has 3 unspecified atom stereocenters. The van der Waals surface area contributed by atoms with Crippen LogP contribution in [0, 0.1) is 11.8 Å². The van der Waals surface area contributed by atoms with Crippen molar-refractivity contribution >= 4 is 0 Å². The van der Waals surface area contributed by atoms with Crippen LogP contribution in [0.15, 0.2) is 0 Å². The van der Waals surface area contributed by atoms with Crippen molar-refractivity contribution in [2.75, 3.05) is 0 Å². The first-order valence-electron chi connectivity index (χ1n) is 4.26. The van der Waals surface area contributed by atoms with Crippen molar-refractivity contribution < 1.29 is 4.74 Å². The van der Waals surface area contributed by atoms with E-state index in [-0.39, 0.29) is 0 Å². The van der Waals surface area contributed by atoms with E-state index in [1.807, 2.05) is 0 Å². The van der Waals surface area contributed by atoms with E-state index in [0.717, 1.165) is 11.8 Å². The summed E-state index contributed by atoms with van der Waals surface area (Å²) in [6, 6.07) is 0. The second-order valence-electron chi connectivity index (χ2n) is 3.87. The van der Waals surface area contributed by atoms with Gasteiger partial charge in [-0.05, 0) is 19.3 Å². The molecule has 0 radical (unpaired) electrons. The van der Waals surface area contributed by atoms with Crippen LogP contribution in [0.2, 0.25) is 0 Å². The molecule has 1 saturated heterocycles. The SMILES string of the molecule is CC(C)CC1OC(C)C1C. The van der Waals surface area contributed by atoms with E-state index >= 15 is 0 Å². The lowest BCUT2D eigenvalue weighted by molar-refractivity contribution is -0.173. The summed E-state index contributed by atoms with van der Waals surface area (Å²) in [5.74, 6) is 1.56. The molecule has 1 aliphatic rings. The largest absolute Gasteiger partial charge is 0.375 e. The van der Waals surface area contributed by atoms with Gasteiger partial charge >= 0.3 is 0 Å². The van der Waals surface area contributed by atoms with Crippen molar-refractivity contribution in [1.82, 2.24) is 0 Å². The number of ether oxygens (including phenoxy) is 1. The molecule has 0 N–H and O–H groups in total. The lowest BCUT2D eigenvalue weighted by Gasteiger charge is -2.42. The minimum Gasteiger partial charge on any atom is -0.375 e. The molecule has 1 rings (SSSR count). The molecule has 0 saturated carbocycles. The van der Waals surface area contributed by atoms with Gasteiger partial charge in [-0.25, -0.2) is 0 Å². The Morgan fingerprint density at radius 3 is 2.20 bits per heavy atom. The molecular formula is C9H18O. The summed E-state index contributed by atoms with van der Waals surface area (Å²) in [6.07, 6.45) is 2.28. The topological polar surface area (TPSA) is 9.23 Å². The van der Waals surface area contributed by atoms with Crippen molar-refractivity contribution in [3.05, 3.63) is 0 Å². The van der Waals surface area contributed by atoms with Crippen molar-refractivity contribution in [2.24, 2.45) is 11.8 Å². The van der Waals surface area contributed by atoms with Crippen LogP contribution in [0.3, 0.4) is 0 Å². The molecule has 0 aromatic carbocycles. The highest BCUT2D eigenvalue weighted by Gasteiger charge is 2.35. The van der Waals surface area contributed by atoms with Crippen LogP contribution in [0.4, 0.5) is 0 Å². The van der Waals surface area contributed by atoms with E-state index < -0.39 is 0 Å². The van der Waals surface area contributed by atoms with E-state index in [0.29, 0.717) is 12.2 Å². The normalized spacial score (nSPS) is 39.9. The van der Waals surface area contributed by atoms with Gasteiger partial charge in [-0.2, -0.15) is 0 Å². The minimum atomic E-state index is 0.503. The quantitative estimate of drug-likeness (QED) is 0.575. The highest BCUT2D eigenvalue weighted by Crippen LogP contribution is 2.31. The molecular weight excluding hydrogens is 124 g/mol. The summed E-state index contributed by atoms with van der Waals surface area (Å²) in [5.41, 5.74) is 0. The fourth-order valence-corrected chi connectivity index (χ4v) is 1.47. The third-order valence-electron chi connectivity index (χ3n) is 2.42. The standard InChI is InChI=1S/C9H18O/c1-6(2)5-9-7(3)8(4)10-9/h6-9H,5H2,1-4H3. The maximum absolute atomic E-state index is 5.56. The number of rotatable bonds is 2. The van der Waals surface area contributed by atoms with Crippen LogP contribution in [-0.4, -0.2) is 12.2 Å². The van der Waals surface area contributed by atoms with Crippen LogP contribution >= 0.6 is 0 Å². The first-order chi connectivity index (χ1) is 4.61. The Hall–Kier alpha value is -0.0400. The Morgan fingerprint density at radius 2 is 1.90 bits per heavy atom. The monoisotopic (exact) mass is 142 g/mol. The Balaban J connectivity index is 2.20. The van der Waals surface area contributed by atoms with Gasteiger partial charge in [-0.15, -0.1) is 0 Å². The van der Waals surface area contributed by atoms with E-state index in [4.69, 9.17) is 4.74 Å². The van der Waals surface area contributed by atoms with Gasteiger partial charge in [0.2, 0.25) is 0 Å². The molecule has 1 nitrogen and oxygen atoms in total. The maximum Gasteiger partial charge on any atom is 0.0631 e. The Morgan fingerprint density at radius 1 is 1.30 bits per heavy atom. The van der Waals surface area contributed by atoms with Crippen molar-refractivity contribution in [2.45, 2.75) is 46.3 Å². The van der Waals surface area contributed by atoms with Gasteiger partial charge in [0, 0.05) is 5.92 Å². The summed E-state index contributed by atoms with van der Waals surface area (Å²) in [6.45, 7) is 8.93. The zero-order chi connectivity index (χ0) is 7.72. The van der Waals surface area contributed by atoms with Gasteiger partial charge in [-0.1, -0.05) is 20.8 Å². The average molecular weight is 142 g/mol. The molecule has 1 aliphatic heterocycles. The van der Waals surface area contributed by atoms with Crippen molar-refractivity contribution in [3.8, 4) is 0 Å². The van der Waals surface area contributed by atoms with Gasteiger partial charge in [0.15, 0.2) is 0 Å². The lowest BCUT2D eigenvalue weighted by atomic mass is 9.87. The molecule has 3 atom stereocenters. The molecule has 0 bridgehead atoms. The van der Waals surface area contributed by atoms with Gasteiger partial charge < -0.3 is 4.74 Å². The molecule has 1 heterocycles. The van der Waals surface area contributed by atoms with Crippen LogP contribution in [0.1, 0.15) is 34.1 Å². The second kappa shape index (κ2) is 2.91. The molecule has 0 aromatic heterocycles. The van der Waals surface area contributed by atoms with Gasteiger partial charge in [0.25, 0.3) is 0 Å². The lowest BCUT2D eigenvalue weighted by Crippen LogP contribution is -2.45. The average Bonchev–Trinajstić information content (AvgIpc) is 1.86. The maximum atomic E-state index is 5.56. The Labute approximate surface area is 63.8 Å². The zero-order valence-corrected chi connectivity index (χ0v) is 7.42. The fourth-order valence-electron chi connectivity index (χ4n) is 1.47. The number of hydrogen-bond donors (Lipinski definition) is 0. The molecule has 10 heavy (non-hydrogen) atoms. The third-order valence-corrected chi connectivity index (χ3v) is 2.42. The summed E-state index contributed by atoms with van der Waals surface area (Å²) in [4.78, 5) is 0. The van der Waals surface area contributed by atoms with Gasteiger partial charge in [0.1, 0.15) is 0 Å². The predicted molar refractivity (Wildman–Crippen MR) is 43.0 cm³/mol. The zero-order valence-electron chi connectivity index (χ0n) is 7.42. The Bertz CT molecular complexity index is 109. The minimum absolute atomic E-state index is 0.503. The van der Waals surface area contributed by atoms with E-state index in [9.17, 15) is 0 Å². The smallest absolute Gasteiger partial charge is 0.0631 e. The molecule has 60 valence electrons. The third kappa shape index (κ3) is 1.51. The van der Waals surface area contributed by atoms with E-state index in [1.54, 1.807) is 0 Å². The highest BCUT2D eigenvalue weighted by atomic mass is 16.5. The van der Waals surface area contributed by atoms with Gasteiger partial charge in [-0.3, -0.25) is 0 Å². The number of hydrogen-bond acceptors (Lipinski definition) is 1. The van der Waals surface area contributed by atoms with E-state index in [1.165, 1.54) is 6.42 Å². The summed E-state index contributed by atoms with van der Waals surface area (Å²) >= 11 is 0. The van der Waals surface area contributed by atoms with Gasteiger partial charge in [0.05, 0.1) is 12.2 Å². The molecule has 1 heteroatoms. The van der Waals surface area contributed by atoms with E-state index in [2.05, 4.69) is 27.7 Å². The molecule has 0 spiro atoms. The summed E-state index contributed by atoms with van der Waals surface area (Å²) < 4.78 is 5.56. The molecule has 1 fully saturated rings. The predicted octanol–water partition coefficient (Wildman–Crippen LogP) is 2.46. The van der Waals surface area contributed by atoms with Crippen molar-refractivity contribution in [1.29, 1.82) is 0 Å². The first-order valence-corrected chi connectivity index (χ1v) is 4.26. The van der Waals surface area contributed by atoms with Crippen molar-refractivity contribution in [3.63, 3.8) is 0 Å². The molecule has 0 aromatic rings. The first kappa shape index (κ1) is 8.06. The molecule has 0 aliphatic carbocycles. The Kier molecular flexibility index (Phi) is 2.35.